The van der Waals surface area contributed by atoms with E-state index < -0.39 is 5.97 Å². The quantitative estimate of drug-likeness (QED) is 0.592. The van der Waals surface area contributed by atoms with Crippen molar-refractivity contribution < 1.29 is 9.53 Å². The summed E-state index contributed by atoms with van der Waals surface area (Å²) >= 11 is 0. The molecule has 0 atom stereocenters. The van der Waals surface area contributed by atoms with Crippen LogP contribution in [-0.2, 0) is 18.2 Å². The van der Waals surface area contributed by atoms with E-state index in [1.807, 2.05) is 6.92 Å². The normalized spacial score (nSPS) is 9.92. The molecule has 0 radical (unpaired) electrons. The second kappa shape index (κ2) is 3.34. The Kier molecular flexibility index (Phi) is 2.42. The van der Waals surface area contributed by atoms with Gasteiger partial charge in [0.05, 0.1) is 7.11 Å². The minimum Gasteiger partial charge on any atom is -0.463 e. The van der Waals surface area contributed by atoms with Crippen molar-refractivity contribution >= 4 is 5.97 Å². The van der Waals surface area contributed by atoms with Crippen LogP contribution in [0.25, 0.3) is 0 Å². The highest BCUT2D eigenvalue weighted by Crippen LogP contribution is 1.98. The van der Waals surface area contributed by atoms with Crippen molar-refractivity contribution in [3.8, 4) is 0 Å². The van der Waals surface area contributed by atoms with Crippen LogP contribution in [0.4, 0.5) is 0 Å². The van der Waals surface area contributed by atoms with E-state index in [-0.39, 0.29) is 5.82 Å². The molecule has 1 aromatic heterocycles. The Hall–Kier alpha value is -1.39. The molecule has 0 saturated heterocycles. The smallest absolute Gasteiger partial charge is 0.375 e. The van der Waals surface area contributed by atoms with E-state index in [1.165, 1.54) is 11.8 Å². The molecule has 5 nitrogen and oxygen atoms in total. The number of hydrogen-bond acceptors (Lipinski definition) is 4. The topological polar surface area (TPSA) is 57.0 Å². The van der Waals surface area contributed by atoms with Gasteiger partial charge in [0.1, 0.15) is 0 Å². The van der Waals surface area contributed by atoms with Crippen molar-refractivity contribution in [2.45, 2.75) is 13.3 Å². The number of methoxy groups -OCH3 is 1. The van der Waals surface area contributed by atoms with Gasteiger partial charge in [0.2, 0.25) is 5.82 Å². The summed E-state index contributed by atoms with van der Waals surface area (Å²) in [4.78, 5) is 15.0. The molecule has 0 N–H and O–H groups in total. The zero-order valence-electron chi connectivity index (χ0n) is 7.37. The van der Waals surface area contributed by atoms with Gasteiger partial charge >= 0.3 is 5.97 Å². The first-order chi connectivity index (χ1) is 5.69. The standard InChI is InChI=1S/C7H11N3O2/c1-4-5-8-6(7(11)12-3)10(2)9-5/h4H2,1-3H3. The molecular formula is C7H11N3O2. The van der Waals surface area contributed by atoms with Gasteiger partial charge in [-0.25, -0.2) is 14.5 Å². The fraction of sp³-hybridized carbons (Fsp3) is 0.571. The first-order valence-corrected chi connectivity index (χ1v) is 3.67. The van der Waals surface area contributed by atoms with Gasteiger partial charge in [-0.2, -0.15) is 5.10 Å². The third-order valence-corrected chi connectivity index (χ3v) is 1.49. The minimum atomic E-state index is -0.454. The summed E-state index contributed by atoms with van der Waals surface area (Å²) in [6.07, 6.45) is 0.713. The molecule has 66 valence electrons. The Bertz CT molecular complexity index is 293. The fourth-order valence-corrected chi connectivity index (χ4v) is 0.856. The highest BCUT2D eigenvalue weighted by molar-refractivity contribution is 5.85. The lowest BCUT2D eigenvalue weighted by atomic mass is 10.5. The van der Waals surface area contributed by atoms with Gasteiger partial charge in [-0.3, -0.25) is 0 Å². The number of aryl methyl sites for hydroxylation is 2. The Balaban J connectivity index is 2.99. The number of carbonyl (C=O) groups excluding carboxylic acids is 1. The summed E-state index contributed by atoms with van der Waals surface area (Å²) in [5.41, 5.74) is 0. The molecule has 5 heteroatoms. The van der Waals surface area contributed by atoms with Crippen molar-refractivity contribution in [3.05, 3.63) is 11.6 Å². The van der Waals surface area contributed by atoms with Crippen LogP contribution < -0.4 is 0 Å². The van der Waals surface area contributed by atoms with Gasteiger partial charge in [0.15, 0.2) is 5.82 Å². The van der Waals surface area contributed by atoms with Crippen LogP contribution in [0.2, 0.25) is 0 Å². The number of nitrogens with zero attached hydrogens (tertiary/aromatic N) is 3. The summed E-state index contributed by atoms with van der Waals surface area (Å²) in [7, 11) is 2.99. The van der Waals surface area contributed by atoms with Gasteiger partial charge < -0.3 is 4.74 Å². The fourth-order valence-electron chi connectivity index (χ4n) is 0.856. The second-order valence-corrected chi connectivity index (χ2v) is 2.32. The van der Waals surface area contributed by atoms with Crippen LogP contribution in [0.3, 0.4) is 0 Å². The second-order valence-electron chi connectivity index (χ2n) is 2.32. The Morgan fingerprint density at radius 1 is 1.67 bits per heavy atom. The molecule has 12 heavy (non-hydrogen) atoms. The molecule has 1 rings (SSSR count). The molecule has 0 aromatic carbocycles. The van der Waals surface area contributed by atoms with E-state index in [0.29, 0.717) is 12.2 Å². The van der Waals surface area contributed by atoms with E-state index in [1.54, 1.807) is 7.05 Å². The van der Waals surface area contributed by atoms with E-state index in [4.69, 9.17) is 0 Å². The van der Waals surface area contributed by atoms with Crippen LogP contribution in [0.5, 0.6) is 0 Å². The monoisotopic (exact) mass is 169 g/mol. The summed E-state index contributed by atoms with van der Waals surface area (Å²) in [5.74, 6) is 0.442. The van der Waals surface area contributed by atoms with Crippen molar-refractivity contribution in [2.24, 2.45) is 7.05 Å². The zero-order chi connectivity index (χ0) is 9.14. The Morgan fingerprint density at radius 3 is 2.75 bits per heavy atom. The van der Waals surface area contributed by atoms with Crippen LogP contribution in [0.1, 0.15) is 23.4 Å². The van der Waals surface area contributed by atoms with Crippen LogP contribution >= 0.6 is 0 Å². The van der Waals surface area contributed by atoms with Crippen LogP contribution in [0.15, 0.2) is 0 Å². The average molecular weight is 169 g/mol. The van der Waals surface area contributed by atoms with Crippen molar-refractivity contribution in [3.63, 3.8) is 0 Å². The molecule has 0 amide bonds. The Labute approximate surface area is 70.4 Å². The zero-order valence-corrected chi connectivity index (χ0v) is 7.37. The number of ether oxygens (including phenoxy) is 1. The lowest BCUT2D eigenvalue weighted by Gasteiger charge is -1.94. The van der Waals surface area contributed by atoms with E-state index in [9.17, 15) is 4.79 Å². The number of esters is 1. The van der Waals surface area contributed by atoms with Crippen molar-refractivity contribution in [2.75, 3.05) is 7.11 Å². The molecule has 0 spiro atoms. The van der Waals surface area contributed by atoms with Crippen LogP contribution in [-0.4, -0.2) is 27.8 Å². The molecule has 0 aliphatic rings. The predicted molar refractivity (Wildman–Crippen MR) is 41.7 cm³/mol. The van der Waals surface area contributed by atoms with Gasteiger partial charge in [0.25, 0.3) is 0 Å². The highest BCUT2D eigenvalue weighted by atomic mass is 16.5. The molecule has 1 heterocycles. The van der Waals surface area contributed by atoms with Gasteiger partial charge in [0, 0.05) is 13.5 Å². The number of aromatic nitrogens is 3. The van der Waals surface area contributed by atoms with Gasteiger partial charge in [-0.1, -0.05) is 6.92 Å². The third kappa shape index (κ3) is 1.44. The molecule has 0 unspecified atom stereocenters. The highest BCUT2D eigenvalue weighted by Gasteiger charge is 2.13. The summed E-state index contributed by atoms with van der Waals surface area (Å²) in [6.45, 7) is 1.93. The van der Waals surface area contributed by atoms with E-state index >= 15 is 0 Å². The van der Waals surface area contributed by atoms with Crippen molar-refractivity contribution in [1.82, 2.24) is 14.8 Å². The molecule has 0 saturated carbocycles. The molecule has 0 fully saturated rings. The first kappa shape index (κ1) is 8.70. The molecule has 0 bridgehead atoms. The first-order valence-electron chi connectivity index (χ1n) is 3.67. The van der Waals surface area contributed by atoms with Gasteiger partial charge in [-0.15, -0.1) is 0 Å². The third-order valence-electron chi connectivity index (χ3n) is 1.49. The van der Waals surface area contributed by atoms with E-state index in [2.05, 4.69) is 14.8 Å². The maximum atomic E-state index is 11.0. The SMILES string of the molecule is CCc1nc(C(=O)OC)n(C)n1. The number of hydrogen-bond donors (Lipinski definition) is 0. The van der Waals surface area contributed by atoms with E-state index in [0.717, 1.165) is 0 Å². The van der Waals surface area contributed by atoms with Gasteiger partial charge in [-0.05, 0) is 0 Å². The molecular weight excluding hydrogens is 158 g/mol. The lowest BCUT2D eigenvalue weighted by molar-refractivity contribution is 0.0581. The molecule has 0 aliphatic heterocycles. The summed E-state index contributed by atoms with van der Waals surface area (Å²) < 4.78 is 5.93. The van der Waals surface area contributed by atoms with Crippen LogP contribution in [0, 0.1) is 0 Å². The molecule has 1 aromatic rings. The maximum absolute atomic E-state index is 11.0. The summed E-state index contributed by atoms with van der Waals surface area (Å²) in [6, 6.07) is 0. The van der Waals surface area contributed by atoms with Crippen molar-refractivity contribution in [1.29, 1.82) is 0 Å². The maximum Gasteiger partial charge on any atom is 0.375 e. The number of carbonyl (C=O) groups is 1. The Morgan fingerprint density at radius 2 is 2.33 bits per heavy atom. The predicted octanol–water partition coefficient (Wildman–Crippen LogP) is 0.164. The number of rotatable bonds is 2. The summed E-state index contributed by atoms with van der Waals surface area (Å²) in [5, 5.41) is 4.00. The lowest BCUT2D eigenvalue weighted by Crippen LogP contribution is -2.09. The largest absolute Gasteiger partial charge is 0.463 e. The molecule has 0 aliphatic carbocycles. The minimum absolute atomic E-state index is 0.245. The average Bonchev–Trinajstić information content (AvgIpc) is 2.45.